The molecule has 0 aliphatic heterocycles. The molecule has 0 unspecified atom stereocenters. The van der Waals surface area contributed by atoms with Crippen molar-refractivity contribution in [3.05, 3.63) is 65.2 Å². The van der Waals surface area contributed by atoms with Crippen LogP contribution < -0.4 is 0 Å². The van der Waals surface area contributed by atoms with Crippen molar-refractivity contribution in [1.29, 1.82) is 0 Å². The zero-order valence-electron chi connectivity index (χ0n) is 9.10. The summed E-state index contributed by atoms with van der Waals surface area (Å²) in [5.74, 6) is 0. The molecule has 3 heteroatoms. The van der Waals surface area contributed by atoms with Crippen LogP contribution in [0.2, 0.25) is 5.02 Å². The van der Waals surface area contributed by atoms with E-state index in [2.05, 4.69) is 0 Å². The summed E-state index contributed by atoms with van der Waals surface area (Å²) >= 11 is 7.26. The molecule has 0 saturated carbocycles. The SMILES string of the molecule is O=C(Cc1ccccc1Cl)Sc1ccccc1. The normalized spacial score (nSPS) is 10.2. The van der Waals surface area contributed by atoms with Crippen LogP contribution in [0.25, 0.3) is 0 Å². The van der Waals surface area contributed by atoms with Crippen molar-refractivity contribution in [3.63, 3.8) is 0 Å². The zero-order valence-corrected chi connectivity index (χ0v) is 10.7. The van der Waals surface area contributed by atoms with Crippen LogP contribution in [0.15, 0.2) is 59.5 Å². The Hall–Kier alpha value is -1.25. The number of thioether (sulfide) groups is 1. The minimum Gasteiger partial charge on any atom is -0.286 e. The summed E-state index contributed by atoms with van der Waals surface area (Å²) in [6, 6.07) is 17.1. The standard InChI is InChI=1S/C14H11ClOS/c15-13-9-5-4-6-11(13)10-14(16)17-12-7-2-1-3-8-12/h1-9H,10H2. The Labute approximate surface area is 110 Å². The van der Waals surface area contributed by atoms with E-state index in [9.17, 15) is 4.79 Å². The van der Waals surface area contributed by atoms with E-state index < -0.39 is 0 Å². The van der Waals surface area contributed by atoms with Crippen LogP contribution in [0.1, 0.15) is 5.56 Å². The van der Waals surface area contributed by atoms with Gasteiger partial charge in [-0.05, 0) is 23.8 Å². The molecule has 0 heterocycles. The molecule has 2 rings (SSSR count). The van der Waals surface area contributed by atoms with Gasteiger partial charge in [-0.3, -0.25) is 4.79 Å². The summed E-state index contributed by atoms with van der Waals surface area (Å²) in [5, 5.41) is 0.749. The van der Waals surface area contributed by atoms with E-state index >= 15 is 0 Å². The van der Waals surface area contributed by atoms with Gasteiger partial charge in [-0.15, -0.1) is 0 Å². The highest BCUT2D eigenvalue weighted by atomic mass is 35.5. The van der Waals surface area contributed by atoms with Gasteiger partial charge in [0.25, 0.3) is 0 Å². The van der Waals surface area contributed by atoms with E-state index in [1.807, 2.05) is 48.5 Å². The second kappa shape index (κ2) is 5.89. The third-order valence-electron chi connectivity index (χ3n) is 2.27. The van der Waals surface area contributed by atoms with Gasteiger partial charge < -0.3 is 0 Å². The molecule has 17 heavy (non-hydrogen) atoms. The fourth-order valence-corrected chi connectivity index (χ4v) is 2.44. The van der Waals surface area contributed by atoms with Crippen LogP contribution in [0.3, 0.4) is 0 Å². The van der Waals surface area contributed by atoms with Crippen LogP contribution >= 0.6 is 23.4 Å². The van der Waals surface area contributed by atoms with Crippen LogP contribution in [-0.2, 0) is 11.2 Å². The number of carbonyl (C=O) groups excluding carboxylic acids is 1. The van der Waals surface area contributed by atoms with Crippen molar-refractivity contribution in [2.24, 2.45) is 0 Å². The molecule has 0 bridgehead atoms. The monoisotopic (exact) mass is 262 g/mol. The quantitative estimate of drug-likeness (QED) is 0.771. The predicted octanol–water partition coefficient (Wildman–Crippen LogP) is 4.20. The van der Waals surface area contributed by atoms with Crippen LogP contribution in [-0.4, -0.2) is 5.12 Å². The van der Waals surface area contributed by atoms with Gasteiger partial charge >= 0.3 is 0 Å². The lowest BCUT2D eigenvalue weighted by Crippen LogP contribution is -1.97. The summed E-state index contributed by atoms with van der Waals surface area (Å²) in [5.41, 5.74) is 0.877. The average Bonchev–Trinajstić information content (AvgIpc) is 2.33. The molecule has 0 aliphatic rings. The molecule has 0 spiro atoms. The first-order valence-corrected chi connectivity index (χ1v) is 6.44. The smallest absolute Gasteiger partial charge is 0.198 e. The minimum absolute atomic E-state index is 0.101. The third kappa shape index (κ3) is 3.62. The number of hydrogen-bond donors (Lipinski definition) is 0. The predicted molar refractivity (Wildman–Crippen MR) is 72.5 cm³/mol. The summed E-state index contributed by atoms with van der Waals surface area (Å²) in [7, 11) is 0. The Morgan fingerprint density at radius 1 is 1.00 bits per heavy atom. The molecule has 0 radical (unpaired) electrons. The third-order valence-corrected chi connectivity index (χ3v) is 3.52. The van der Waals surface area contributed by atoms with Crippen molar-refractivity contribution < 1.29 is 4.79 Å². The van der Waals surface area contributed by atoms with E-state index in [0.717, 1.165) is 10.5 Å². The average molecular weight is 263 g/mol. The zero-order chi connectivity index (χ0) is 12.1. The Morgan fingerprint density at radius 2 is 1.65 bits per heavy atom. The number of halogens is 1. The van der Waals surface area contributed by atoms with Crippen molar-refractivity contribution in [2.45, 2.75) is 11.3 Å². The molecule has 86 valence electrons. The Bertz CT molecular complexity index is 511. The summed E-state index contributed by atoms with van der Waals surface area (Å²) in [6.45, 7) is 0. The van der Waals surface area contributed by atoms with Crippen LogP contribution in [0.4, 0.5) is 0 Å². The van der Waals surface area contributed by atoms with E-state index in [1.165, 1.54) is 11.8 Å². The number of carbonyl (C=O) groups is 1. The number of benzene rings is 2. The van der Waals surface area contributed by atoms with Crippen molar-refractivity contribution >= 4 is 28.5 Å². The highest BCUT2D eigenvalue weighted by Crippen LogP contribution is 2.22. The molecule has 0 aromatic heterocycles. The molecule has 1 nitrogen and oxygen atoms in total. The molecule has 2 aromatic rings. The first-order chi connectivity index (χ1) is 8.25. The topological polar surface area (TPSA) is 17.1 Å². The molecule has 2 aromatic carbocycles. The summed E-state index contributed by atoms with van der Waals surface area (Å²) in [6.07, 6.45) is 0.360. The molecule has 0 amide bonds. The summed E-state index contributed by atoms with van der Waals surface area (Å²) in [4.78, 5) is 12.8. The van der Waals surface area contributed by atoms with E-state index in [-0.39, 0.29) is 5.12 Å². The van der Waals surface area contributed by atoms with Gasteiger partial charge in [-0.2, -0.15) is 0 Å². The van der Waals surface area contributed by atoms with Gasteiger partial charge in [0.05, 0.1) is 0 Å². The van der Waals surface area contributed by atoms with E-state index in [0.29, 0.717) is 11.4 Å². The molecule has 0 N–H and O–H groups in total. The maximum absolute atomic E-state index is 11.8. The Morgan fingerprint density at radius 3 is 2.35 bits per heavy atom. The van der Waals surface area contributed by atoms with Crippen molar-refractivity contribution in [3.8, 4) is 0 Å². The highest BCUT2D eigenvalue weighted by molar-refractivity contribution is 8.13. The minimum atomic E-state index is 0.101. The van der Waals surface area contributed by atoms with Gasteiger partial charge in [-0.1, -0.05) is 59.8 Å². The van der Waals surface area contributed by atoms with Gasteiger partial charge in [0, 0.05) is 16.3 Å². The molecule has 0 fully saturated rings. The highest BCUT2D eigenvalue weighted by Gasteiger charge is 2.08. The van der Waals surface area contributed by atoms with Crippen LogP contribution in [0, 0.1) is 0 Å². The molecule has 0 aliphatic carbocycles. The maximum Gasteiger partial charge on any atom is 0.198 e. The van der Waals surface area contributed by atoms with Gasteiger partial charge in [0.15, 0.2) is 5.12 Å². The lowest BCUT2D eigenvalue weighted by molar-refractivity contribution is -0.110. The Balaban J connectivity index is 2.01. The van der Waals surface area contributed by atoms with Crippen molar-refractivity contribution in [1.82, 2.24) is 0 Å². The molecule has 0 atom stereocenters. The fourth-order valence-electron chi connectivity index (χ4n) is 1.45. The molecular formula is C14H11ClOS. The second-order valence-corrected chi connectivity index (χ2v) is 5.09. The maximum atomic E-state index is 11.8. The summed E-state index contributed by atoms with van der Waals surface area (Å²) < 4.78 is 0. The second-order valence-electron chi connectivity index (χ2n) is 3.56. The molecular weight excluding hydrogens is 252 g/mol. The van der Waals surface area contributed by atoms with E-state index in [4.69, 9.17) is 11.6 Å². The van der Waals surface area contributed by atoms with Crippen LogP contribution in [0.5, 0.6) is 0 Å². The van der Waals surface area contributed by atoms with Gasteiger partial charge in [0.2, 0.25) is 0 Å². The first-order valence-electron chi connectivity index (χ1n) is 5.25. The van der Waals surface area contributed by atoms with Crippen molar-refractivity contribution in [2.75, 3.05) is 0 Å². The lowest BCUT2D eigenvalue weighted by Gasteiger charge is -2.03. The van der Waals surface area contributed by atoms with Gasteiger partial charge in [-0.25, -0.2) is 0 Å². The number of rotatable bonds is 3. The largest absolute Gasteiger partial charge is 0.286 e. The Kier molecular flexibility index (Phi) is 4.24. The number of hydrogen-bond acceptors (Lipinski definition) is 2. The fraction of sp³-hybridized carbons (Fsp3) is 0.0714. The van der Waals surface area contributed by atoms with E-state index in [1.54, 1.807) is 6.07 Å². The first kappa shape index (κ1) is 12.2. The molecule has 0 saturated heterocycles. The van der Waals surface area contributed by atoms with Gasteiger partial charge in [0.1, 0.15) is 0 Å². The lowest BCUT2D eigenvalue weighted by atomic mass is 10.2.